The van der Waals surface area contributed by atoms with Crippen molar-refractivity contribution < 1.29 is 9.53 Å². The van der Waals surface area contributed by atoms with E-state index in [-0.39, 0.29) is 12.5 Å². The summed E-state index contributed by atoms with van der Waals surface area (Å²) in [5.41, 5.74) is 9.37. The minimum Gasteiger partial charge on any atom is -0.484 e. The van der Waals surface area contributed by atoms with Crippen LogP contribution in [0.3, 0.4) is 0 Å². The first kappa shape index (κ1) is 17.9. The van der Waals surface area contributed by atoms with E-state index in [1.807, 2.05) is 53.9 Å². The number of aromatic nitrogens is 1. The van der Waals surface area contributed by atoms with Gasteiger partial charge in [-0.1, -0.05) is 38.1 Å². The molecule has 6 heteroatoms. The van der Waals surface area contributed by atoms with Crippen LogP contribution in [0.4, 0.5) is 10.8 Å². The first-order chi connectivity index (χ1) is 12.5. The Kier molecular flexibility index (Phi) is 5.53. The molecule has 0 aliphatic carbocycles. The molecular weight excluding hydrogens is 346 g/mol. The molecule has 26 heavy (non-hydrogen) atoms. The number of ether oxygens (including phenoxy) is 1. The van der Waals surface area contributed by atoms with Crippen molar-refractivity contribution in [3.8, 4) is 17.0 Å². The van der Waals surface area contributed by atoms with Crippen LogP contribution in [0.1, 0.15) is 25.3 Å². The average Bonchev–Trinajstić information content (AvgIpc) is 3.07. The Balaban J connectivity index is 1.57. The third-order valence-electron chi connectivity index (χ3n) is 3.88. The average molecular weight is 367 g/mol. The van der Waals surface area contributed by atoms with Gasteiger partial charge >= 0.3 is 0 Å². The second-order valence-corrected chi connectivity index (χ2v) is 7.10. The number of amides is 1. The zero-order valence-corrected chi connectivity index (χ0v) is 15.5. The molecule has 0 aliphatic heterocycles. The maximum atomic E-state index is 12.1. The standard InChI is InChI=1S/C20H21N3O2S/c1-13(2)14-6-8-16(9-7-14)22-19(24)11-25-17-5-3-4-15(10-17)18-12-26-20(21)23-18/h3-10,12-13H,11H2,1-2H3,(H2,21,23)(H,22,24). The quantitative estimate of drug-likeness (QED) is 0.671. The Bertz CT molecular complexity index is 888. The van der Waals surface area contributed by atoms with Gasteiger partial charge in [-0.15, -0.1) is 11.3 Å². The fourth-order valence-corrected chi connectivity index (χ4v) is 3.03. The largest absolute Gasteiger partial charge is 0.484 e. The Morgan fingerprint density at radius 2 is 2.00 bits per heavy atom. The number of nitrogens with two attached hydrogens (primary N) is 1. The number of hydrogen-bond donors (Lipinski definition) is 2. The summed E-state index contributed by atoms with van der Waals surface area (Å²) < 4.78 is 5.60. The minimum atomic E-state index is -0.203. The Morgan fingerprint density at radius 1 is 1.23 bits per heavy atom. The van der Waals surface area contributed by atoms with Crippen LogP contribution in [0.15, 0.2) is 53.9 Å². The lowest BCUT2D eigenvalue weighted by atomic mass is 10.0. The van der Waals surface area contributed by atoms with Gasteiger partial charge in [0.15, 0.2) is 11.7 Å². The van der Waals surface area contributed by atoms with Crippen LogP contribution in [0, 0.1) is 0 Å². The van der Waals surface area contributed by atoms with Gasteiger partial charge in [0.05, 0.1) is 5.69 Å². The molecule has 2 aromatic carbocycles. The molecule has 0 fully saturated rings. The number of nitrogens with zero attached hydrogens (tertiary/aromatic N) is 1. The number of nitrogen functional groups attached to an aromatic ring is 1. The van der Waals surface area contributed by atoms with Crippen LogP contribution in [0.5, 0.6) is 5.75 Å². The van der Waals surface area contributed by atoms with Gasteiger partial charge in [0.2, 0.25) is 0 Å². The van der Waals surface area contributed by atoms with Crippen LogP contribution < -0.4 is 15.8 Å². The summed E-state index contributed by atoms with van der Waals surface area (Å²) in [6.45, 7) is 4.21. The second-order valence-electron chi connectivity index (χ2n) is 6.21. The molecule has 3 aromatic rings. The molecule has 0 spiro atoms. The highest BCUT2D eigenvalue weighted by molar-refractivity contribution is 7.13. The molecule has 1 heterocycles. The van der Waals surface area contributed by atoms with Gasteiger partial charge in [-0.3, -0.25) is 4.79 Å². The normalized spacial score (nSPS) is 10.7. The van der Waals surface area contributed by atoms with Crippen molar-refractivity contribution >= 4 is 28.1 Å². The van der Waals surface area contributed by atoms with Gasteiger partial charge in [0.25, 0.3) is 5.91 Å². The van der Waals surface area contributed by atoms with E-state index in [4.69, 9.17) is 10.5 Å². The third-order valence-corrected chi connectivity index (χ3v) is 4.56. The lowest BCUT2D eigenvalue weighted by Gasteiger charge is -2.10. The van der Waals surface area contributed by atoms with Crippen molar-refractivity contribution in [3.05, 3.63) is 59.5 Å². The molecule has 3 N–H and O–H groups in total. The number of carbonyl (C=O) groups excluding carboxylic acids is 1. The number of thiazole rings is 1. The van der Waals surface area contributed by atoms with Gasteiger partial charge in [0.1, 0.15) is 5.75 Å². The molecule has 1 amide bonds. The van der Waals surface area contributed by atoms with E-state index in [9.17, 15) is 4.79 Å². The zero-order valence-electron chi connectivity index (χ0n) is 14.7. The highest BCUT2D eigenvalue weighted by Crippen LogP contribution is 2.26. The van der Waals surface area contributed by atoms with Gasteiger partial charge in [0, 0.05) is 16.6 Å². The maximum absolute atomic E-state index is 12.1. The summed E-state index contributed by atoms with van der Waals surface area (Å²) in [7, 11) is 0. The maximum Gasteiger partial charge on any atom is 0.262 e. The molecule has 5 nitrogen and oxygen atoms in total. The van der Waals surface area contributed by atoms with Crippen LogP contribution in [-0.4, -0.2) is 17.5 Å². The van der Waals surface area contributed by atoms with Crippen LogP contribution in [-0.2, 0) is 4.79 Å². The van der Waals surface area contributed by atoms with Gasteiger partial charge in [-0.2, -0.15) is 0 Å². The summed E-state index contributed by atoms with van der Waals surface area (Å²) in [5, 5.41) is 5.25. The predicted octanol–water partition coefficient (Wildman–Crippen LogP) is 4.53. The van der Waals surface area contributed by atoms with Crippen LogP contribution >= 0.6 is 11.3 Å². The minimum absolute atomic E-state index is 0.0609. The first-order valence-corrected chi connectivity index (χ1v) is 9.23. The number of benzene rings is 2. The van der Waals surface area contributed by atoms with Gasteiger partial charge in [-0.25, -0.2) is 4.98 Å². The topological polar surface area (TPSA) is 77.2 Å². The van der Waals surface area contributed by atoms with E-state index in [2.05, 4.69) is 24.1 Å². The molecule has 0 radical (unpaired) electrons. The van der Waals surface area contributed by atoms with E-state index in [0.717, 1.165) is 16.9 Å². The second kappa shape index (κ2) is 8.01. The molecule has 0 saturated carbocycles. The fraction of sp³-hybridized carbons (Fsp3) is 0.200. The fourth-order valence-electron chi connectivity index (χ4n) is 2.46. The number of rotatable bonds is 6. The van der Waals surface area contributed by atoms with Crippen molar-refractivity contribution in [2.75, 3.05) is 17.7 Å². The number of hydrogen-bond acceptors (Lipinski definition) is 5. The highest BCUT2D eigenvalue weighted by atomic mass is 32.1. The van der Waals surface area contributed by atoms with E-state index < -0.39 is 0 Å². The summed E-state index contributed by atoms with van der Waals surface area (Å²) in [6, 6.07) is 15.3. The summed E-state index contributed by atoms with van der Waals surface area (Å²) >= 11 is 1.39. The van der Waals surface area contributed by atoms with Crippen molar-refractivity contribution in [1.82, 2.24) is 4.98 Å². The molecule has 0 bridgehead atoms. The number of carbonyl (C=O) groups is 1. The molecule has 0 unspecified atom stereocenters. The van der Waals surface area contributed by atoms with Crippen molar-refractivity contribution in [2.24, 2.45) is 0 Å². The van der Waals surface area contributed by atoms with E-state index in [0.29, 0.717) is 16.8 Å². The Labute approximate surface area is 156 Å². The van der Waals surface area contributed by atoms with E-state index >= 15 is 0 Å². The van der Waals surface area contributed by atoms with Crippen molar-refractivity contribution in [1.29, 1.82) is 0 Å². The van der Waals surface area contributed by atoms with Crippen LogP contribution in [0.25, 0.3) is 11.3 Å². The zero-order chi connectivity index (χ0) is 18.5. The summed E-state index contributed by atoms with van der Waals surface area (Å²) in [4.78, 5) is 16.4. The summed E-state index contributed by atoms with van der Waals surface area (Å²) in [6.07, 6.45) is 0. The SMILES string of the molecule is CC(C)c1ccc(NC(=O)COc2cccc(-c3csc(N)n3)c2)cc1. The monoisotopic (exact) mass is 367 g/mol. The van der Waals surface area contributed by atoms with Crippen molar-refractivity contribution in [3.63, 3.8) is 0 Å². The lowest BCUT2D eigenvalue weighted by molar-refractivity contribution is -0.118. The first-order valence-electron chi connectivity index (χ1n) is 8.35. The van der Waals surface area contributed by atoms with Gasteiger partial charge in [-0.05, 0) is 35.7 Å². The molecule has 0 aliphatic rings. The van der Waals surface area contributed by atoms with Crippen molar-refractivity contribution in [2.45, 2.75) is 19.8 Å². The van der Waals surface area contributed by atoms with E-state index in [1.165, 1.54) is 16.9 Å². The molecule has 0 atom stereocenters. The van der Waals surface area contributed by atoms with Gasteiger partial charge < -0.3 is 15.8 Å². The lowest BCUT2D eigenvalue weighted by Crippen LogP contribution is -2.20. The number of nitrogens with one attached hydrogen (secondary N) is 1. The molecule has 0 saturated heterocycles. The molecule has 134 valence electrons. The predicted molar refractivity (Wildman–Crippen MR) is 107 cm³/mol. The van der Waals surface area contributed by atoms with Crippen LogP contribution in [0.2, 0.25) is 0 Å². The number of anilines is 2. The Hall–Kier alpha value is -2.86. The molecular formula is C20H21N3O2S. The van der Waals surface area contributed by atoms with E-state index in [1.54, 1.807) is 0 Å². The Morgan fingerprint density at radius 3 is 2.65 bits per heavy atom. The molecule has 1 aromatic heterocycles. The highest BCUT2D eigenvalue weighted by Gasteiger charge is 2.07. The molecule has 3 rings (SSSR count). The smallest absolute Gasteiger partial charge is 0.262 e. The third kappa shape index (κ3) is 4.61. The summed E-state index contributed by atoms with van der Waals surface area (Å²) in [5.74, 6) is 0.869.